The maximum absolute atomic E-state index is 11.5. The molecule has 10 nitrogen and oxygen atoms in total. The zero-order valence-corrected chi connectivity index (χ0v) is 13.6. The standard InChI is InChI=1S/C16H18O10/c1-23-7-4-6-2-3-9(18)25-14(6)15(11(7)20)26-16-13(22)12(21)10(19)8(5-17)24-16/h2-4,8,10,12-13,16-17,19-22H,5H2,1H3/t8-,10+,12+,13-,16-/m1/s1. The molecule has 1 aliphatic heterocycles. The van der Waals surface area contributed by atoms with Gasteiger partial charge in [0.05, 0.1) is 13.7 Å². The first-order valence-electron chi connectivity index (χ1n) is 7.68. The monoisotopic (exact) mass is 370 g/mol. The fourth-order valence-corrected chi connectivity index (χ4v) is 2.69. The second kappa shape index (κ2) is 7.09. The van der Waals surface area contributed by atoms with Crippen LogP contribution in [0.2, 0.25) is 0 Å². The molecule has 5 N–H and O–H groups in total. The lowest BCUT2D eigenvalue weighted by Gasteiger charge is -2.39. The van der Waals surface area contributed by atoms with E-state index in [1.54, 1.807) is 0 Å². The molecule has 0 radical (unpaired) electrons. The van der Waals surface area contributed by atoms with E-state index in [-0.39, 0.29) is 17.1 Å². The minimum atomic E-state index is -1.70. The van der Waals surface area contributed by atoms with Crippen molar-refractivity contribution in [3.05, 3.63) is 28.6 Å². The van der Waals surface area contributed by atoms with Gasteiger partial charge in [0.25, 0.3) is 0 Å². The molecular weight excluding hydrogens is 352 g/mol. The van der Waals surface area contributed by atoms with E-state index in [1.807, 2.05) is 0 Å². The van der Waals surface area contributed by atoms with Crippen LogP contribution in [0.5, 0.6) is 17.2 Å². The minimum Gasteiger partial charge on any atom is -0.502 e. The number of aliphatic hydroxyl groups is 4. The zero-order valence-electron chi connectivity index (χ0n) is 13.6. The van der Waals surface area contributed by atoms with Crippen LogP contribution in [0.25, 0.3) is 11.0 Å². The summed E-state index contributed by atoms with van der Waals surface area (Å²) in [7, 11) is 1.30. The summed E-state index contributed by atoms with van der Waals surface area (Å²) >= 11 is 0. The Labute approximate surface area is 146 Å². The molecule has 2 heterocycles. The number of rotatable bonds is 4. The third kappa shape index (κ3) is 3.08. The first-order valence-corrected chi connectivity index (χ1v) is 7.68. The summed E-state index contributed by atoms with van der Waals surface area (Å²) in [6, 6.07) is 3.99. The molecule has 26 heavy (non-hydrogen) atoms. The van der Waals surface area contributed by atoms with Crippen LogP contribution >= 0.6 is 0 Å². The molecule has 1 aromatic carbocycles. The van der Waals surface area contributed by atoms with Gasteiger partial charge in [0.1, 0.15) is 24.4 Å². The van der Waals surface area contributed by atoms with Crippen molar-refractivity contribution in [2.45, 2.75) is 30.7 Å². The molecule has 0 spiro atoms. The molecule has 0 amide bonds. The average molecular weight is 370 g/mol. The van der Waals surface area contributed by atoms with Crippen molar-refractivity contribution in [2.75, 3.05) is 13.7 Å². The lowest BCUT2D eigenvalue weighted by Crippen LogP contribution is -2.60. The Morgan fingerprint density at radius 1 is 1.15 bits per heavy atom. The highest BCUT2D eigenvalue weighted by Gasteiger charge is 2.45. The van der Waals surface area contributed by atoms with Crippen molar-refractivity contribution >= 4 is 11.0 Å². The number of aromatic hydroxyl groups is 1. The highest BCUT2D eigenvalue weighted by atomic mass is 16.7. The summed E-state index contributed by atoms with van der Waals surface area (Å²) < 4.78 is 20.8. The molecule has 1 fully saturated rings. The Morgan fingerprint density at radius 3 is 2.54 bits per heavy atom. The highest BCUT2D eigenvalue weighted by molar-refractivity contribution is 5.87. The van der Waals surface area contributed by atoms with E-state index in [9.17, 15) is 30.3 Å². The Balaban J connectivity index is 2.06. The molecule has 142 valence electrons. The maximum atomic E-state index is 11.5. The second-order valence-corrected chi connectivity index (χ2v) is 5.74. The Morgan fingerprint density at radius 2 is 1.88 bits per heavy atom. The first-order chi connectivity index (χ1) is 12.4. The molecular formula is C16H18O10. The van der Waals surface area contributed by atoms with Gasteiger partial charge in [-0.1, -0.05) is 0 Å². The topological polar surface area (TPSA) is 159 Å². The Bertz CT molecular complexity index is 845. The molecule has 1 saturated heterocycles. The van der Waals surface area contributed by atoms with Gasteiger partial charge in [0, 0.05) is 11.5 Å². The molecule has 5 atom stereocenters. The lowest BCUT2D eigenvalue weighted by atomic mass is 9.99. The van der Waals surface area contributed by atoms with E-state index in [0.29, 0.717) is 5.39 Å². The molecule has 0 bridgehead atoms. The van der Waals surface area contributed by atoms with Crippen molar-refractivity contribution in [2.24, 2.45) is 0 Å². The predicted molar refractivity (Wildman–Crippen MR) is 85.1 cm³/mol. The van der Waals surface area contributed by atoms with E-state index < -0.39 is 48.7 Å². The molecule has 2 aromatic rings. The molecule has 0 saturated carbocycles. The first kappa shape index (κ1) is 18.4. The molecule has 1 aromatic heterocycles. The number of phenols is 1. The van der Waals surface area contributed by atoms with Crippen LogP contribution in [0.3, 0.4) is 0 Å². The molecule has 0 unspecified atom stereocenters. The molecule has 3 rings (SSSR count). The van der Waals surface area contributed by atoms with Gasteiger partial charge in [-0.15, -0.1) is 0 Å². The van der Waals surface area contributed by atoms with Gasteiger partial charge in [0.15, 0.2) is 11.3 Å². The number of phenolic OH excluding ortho intramolecular Hbond substituents is 1. The summed E-state index contributed by atoms with van der Waals surface area (Å²) in [5, 5.41) is 49.6. The summed E-state index contributed by atoms with van der Waals surface area (Å²) in [4.78, 5) is 11.5. The second-order valence-electron chi connectivity index (χ2n) is 5.74. The normalized spacial score (nSPS) is 28.9. The van der Waals surface area contributed by atoms with Gasteiger partial charge >= 0.3 is 5.63 Å². The van der Waals surface area contributed by atoms with Crippen molar-refractivity contribution in [3.63, 3.8) is 0 Å². The van der Waals surface area contributed by atoms with E-state index in [4.69, 9.17) is 18.6 Å². The van der Waals surface area contributed by atoms with Crippen LogP contribution < -0.4 is 15.1 Å². The fourth-order valence-electron chi connectivity index (χ4n) is 2.69. The fraction of sp³-hybridized carbons (Fsp3) is 0.438. The SMILES string of the molecule is COc1cc2ccc(=O)oc2c(O[C@H]2O[C@H](CO)[C@H](O)[C@H](O)[C@H]2O)c1O. The van der Waals surface area contributed by atoms with Crippen molar-refractivity contribution in [1.82, 2.24) is 0 Å². The van der Waals surface area contributed by atoms with Gasteiger partial charge in [-0.05, 0) is 12.1 Å². The number of benzene rings is 1. The Kier molecular flexibility index (Phi) is 5.03. The predicted octanol–water partition coefficient (Wildman–Crippen LogP) is -1.31. The minimum absolute atomic E-state index is 0.00550. The maximum Gasteiger partial charge on any atom is 0.336 e. The van der Waals surface area contributed by atoms with Crippen LogP contribution in [0, 0.1) is 0 Å². The van der Waals surface area contributed by atoms with Crippen LogP contribution in [0.4, 0.5) is 0 Å². The third-order valence-corrected chi connectivity index (χ3v) is 4.11. The van der Waals surface area contributed by atoms with E-state index in [2.05, 4.69) is 0 Å². The number of ether oxygens (including phenoxy) is 3. The van der Waals surface area contributed by atoms with Crippen molar-refractivity contribution in [1.29, 1.82) is 0 Å². The van der Waals surface area contributed by atoms with Crippen LogP contribution in [-0.2, 0) is 4.74 Å². The van der Waals surface area contributed by atoms with Crippen LogP contribution in [-0.4, -0.2) is 70.0 Å². The lowest BCUT2D eigenvalue weighted by molar-refractivity contribution is -0.277. The summed E-state index contributed by atoms with van der Waals surface area (Å²) in [5.41, 5.74) is -0.839. The Hall–Kier alpha value is -2.37. The average Bonchev–Trinajstić information content (AvgIpc) is 2.64. The largest absolute Gasteiger partial charge is 0.502 e. The number of hydrogen-bond donors (Lipinski definition) is 5. The summed E-state index contributed by atoms with van der Waals surface area (Å²) in [5.74, 6) is -0.876. The summed E-state index contributed by atoms with van der Waals surface area (Å²) in [6.45, 7) is -0.648. The van der Waals surface area contributed by atoms with Crippen molar-refractivity contribution < 1.29 is 44.2 Å². The highest BCUT2D eigenvalue weighted by Crippen LogP contribution is 2.43. The molecule has 1 aliphatic rings. The smallest absolute Gasteiger partial charge is 0.336 e. The van der Waals surface area contributed by atoms with Gasteiger partial charge in [0.2, 0.25) is 17.8 Å². The van der Waals surface area contributed by atoms with E-state index >= 15 is 0 Å². The summed E-state index contributed by atoms with van der Waals surface area (Å²) in [6.07, 6.45) is -7.72. The van der Waals surface area contributed by atoms with Gasteiger partial charge < -0.3 is 44.2 Å². The number of fused-ring (bicyclic) bond motifs is 1. The number of hydrogen-bond acceptors (Lipinski definition) is 10. The van der Waals surface area contributed by atoms with Gasteiger partial charge in [-0.3, -0.25) is 0 Å². The van der Waals surface area contributed by atoms with E-state index in [1.165, 1.54) is 19.2 Å². The van der Waals surface area contributed by atoms with Gasteiger partial charge in [-0.2, -0.15) is 0 Å². The van der Waals surface area contributed by atoms with E-state index in [0.717, 1.165) is 6.07 Å². The van der Waals surface area contributed by atoms with Crippen LogP contribution in [0.15, 0.2) is 27.4 Å². The molecule has 0 aliphatic carbocycles. The van der Waals surface area contributed by atoms with Crippen LogP contribution in [0.1, 0.15) is 0 Å². The number of aliphatic hydroxyl groups excluding tert-OH is 4. The van der Waals surface area contributed by atoms with Gasteiger partial charge in [-0.25, -0.2) is 4.79 Å². The van der Waals surface area contributed by atoms with Crippen molar-refractivity contribution in [3.8, 4) is 17.2 Å². The zero-order chi connectivity index (χ0) is 19.0. The quantitative estimate of drug-likeness (QED) is 0.409. The molecule has 10 heteroatoms. The number of methoxy groups -OCH3 is 1. The third-order valence-electron chi connectivity index (χ3n) is 4.11.